The van der Waals surface area contributed by atoms with Gasteiger partial charge in [-0.2, -0.15) is 0 Å². The molecule has 28 heavy (non-hydrogen) atoms. The van der Waals surface area contributed by atoms with Crippen LogP contribution in [0, 0.1) is 0 Å². The number of ether oxygens (including phenoxy) is 1. The van der Waals surface area contributed by atoms with E-state index in [4.69, 9.17) is 14.9 Å². The summed E-state index contributed by atoms with van der Waals surface area (Å²) in [4.78, 5) is 14.3. The van der Waals surface area contributed by atoms with Gasteiger partial charge in [-0.3, -0.25) is 4.79 Å². The van der Waals surface area contributed by atoms with Crippen molar-refractivity contribution in [2.24, 2.45) is 5.73 Å². The minimum absolute atomic E-state index is 0.0546. The van der Waals surface area contributed by atoms with Crippen molar-refractivity contribution in [2.75, 3.05) is 26.3 Å². The van der Waals surface area contributed by atoms with Crippen LogP contribution in [0.1, 0.15) is 28.1 Å². The molecule has 5 nitrogen and oxygen atoms in total. The topological polar surface area (TPSA) is 68.7 Å². The second-order valence-electron chi connectivity index (χ2n) is 6.68. The molecule has 0 saturated carbocycles. The standard InChI is InChI=1S/C21H20F2N2O3/c22-20(23)18-11-15(9-16-10-17(12-24)28-19(16)18)13-1-3-14(4-2-13)21(26)25-5-7-27-8-6-25/h1-4,9-11,20H,5-8,12,24H2. The lowest BCUT2D eigenvalue weighted by molar-refractivity contribution is 0.0303. The summed E-state index contributed by atoms with van der Waals surface area (Å²) in [6, 6.07) is 11.9. The lowest BCUT2D eigenvalue weighted by atomic mass is 9.99. The second kappa shape index (κ2) is 7.69. The van der Waals surface area contributed by atoms with Crippen LogP contribution >= 0.6 is 0 Å². The molecule has 2 aromatic carbocycles. The maximum Gasteiger partial charge on any atom is 0.267 e. The van der Waals surface area contributed by atoms with Gasteiger partial charge in [0.1, 0.15) is 11.3 Å². The molecule has 7 heteroatoms. The summed E-state index contributed by atoms with van der Waals surface area (Å²) in [5.74, 6) is 0.404. The number of rotatable bonds is 4. The lowest BCUT2D eigenvalue weighted by Gasteiger charge is -2.26. The number of carbonyl (C=O) groups is 1. The molecule has 0 bridgehead atoms. The van der Waals surface area contributed by atoms with Gasteiger partial charge < -0.3 is 19.8 Å². The van der Waals surface area contributed by atoms with Crippen LogP contribution < -0.4 is 5.73 Å². The van der Waals surface area contributed by atoms with Crippen LogP contribution in [0.2, 0.25) is 0 Å². The molecule has 0 aliphatic carbocycles. The number of fused-ring (bicyclic) bond motifs is 1. The van der Waals surface area contributed by atoms with Crippen molar-refractivity contribution in [1.82, 2.24) is 4.90 Å². The Kier molecular flexibility index (Phi) is 5.11. The Hall–Kier alpha value is -2.77. The van der Waals surface area contributed by atoms with E-state index in [9.17, 15) is 13.6 Å². The predicted molar refractivity (Wildman–Crippen MR) is 101 cm³/mol. The molecule has 3 aromatic rings. The van der Waals surface area contributed by atoms with Gasteiger partial charge in [-0.05, 0) is 41.5 Å². The number of hydrogen-bond acceptors (Lipinski definition) is 4. The van der Waals surface area contributed by atoms with E-state index in [1.54, 1.807) is 41.3 Å². The fraction of sp³-hybridized carbons (Fsp3) is 0.286. The Bertz CT molecular complexity index is 993. The molecule has 1 saturated heterocycles. The quantitative estimate of drug-likeness (QED) is 0.737. The molecule has 0 unspecified atom stereocenters. The number of carbonyl (C=O) groups excluding carboxylic acids is 1. The first kappa shape index (κ1) is 18.6. The number of morpholine rings is 1. The highest BCUT2D eigenvalue weighted by molar-refractivity contribution is 5.95. The fourth-order valence-electron chi connectivity index (χ4n) is 3.42. The van der Waals surface area contributed by atoms with Crippen LogP contribution in [0.15, 0.2) is 46.9 Å². The number of furan rings is 1. The van der Waals surface area contributed by atoms with Crippen molar-refractivity contribution in [2.45, 2.75) is 13.0 Å². The Morgan fingerprint density at radius 2 is 1.79 bits per heavy atom. The third-order valence-electron chi connectivity index (χ3n) is 4.90. The zero-order chi connectivity index (χ0) is 19.7. The molecule has 0 radical (unpaired) electrons. The predicted octanol–water partition coefficient (Wildman–Crippen LogP) is 3.97. The number of alkyl halides is 2. The van der Waals surface area contributed by atoms with E-state index in [0.29, 0.717) is 48.6 Å². The summed E-state index contributed by atoms with van der Waals surface area (Å²) in [5, 5.41) is 0.585. The van der Waals surface area contributed by atoms with E-state index in [2.05, 4.69) is 0 Å². The van der Waals surface area contributed by atoms with Crippen molar-refractivity contribution in [3.8, 4) is 11.1 Å². The van der Waals surface area contributed by atoms with E-state index in [1.807, 2.05) is 0 Å². The molecule has 0 atom stereocenters. The molecule has 1 aliphatic heterocycles. The van der Waals surface area contributed by atoms with Crippen molar-refractivity contribution in [3.05, 3.63) is 59.4 Å². The highest BCUT2D eigenvalue weighted by Gasteiger charge is 2.20. The van der Waals surface area contributed by atoms with Crippen LogP contribution in [0.25, 0.3) is 22.1 Å². The summed E-state index contributed by atoms with van der Waals surface area (Å²) in [6.45, 7) is 2.36. The first-order chi connectivity index (χ1) is 13.6. The van der Waals surface area contributed by atoms with Gasteiger partial charge in [0.15, 0.2) is 0 Å². The SMILES string of the molecule is NCc1cc2cc(-c3ccc(C(=O)N4CCOCC4)cc3)cc(C(F)F)c2o1. The van der Waals surface area contributed by atoms with E-state index in [-0.39, 0.29) is 23.6 Å². The van der Waals surface area contributed by atoms with Gasteiger partial charge in [-0.15, -0.1) is 0 Å². The molecule has 146 valence electrons. The van der Waals surface area contributed by atoms with E-state index in [1.165, 1.54) is 6.07 Å². The molecular weight excluding hydrogens is 366 g/mol. The molecule has 2 N–H and O–H groups in total. The summed E-state index contributed by atoms with van der Waals surface area (Å²) in [7, 11) is 0. The van der Waals surface area contributed by atoms with Crippen molar-refractivity contribution in [3.63, 3.8) is 0 Å². The van der Waals surface area contributed by atoms with Gasteiger partial charge >= 0.3 is 0 Å². The Morgan fingerprint density at radius 3 is 2.43 bits per heavy atom. The minimum atomic E-state index is -2.67. The van der Waals surface area contributed by atoms with Gasteiger partial charge in [0.25, 0.3) is 12.3 Å². The van der Waals surface area contributed by atoms with Gasteiger partial charge in [0, 0.05) is 24.0 Å². The van der Waals surface area contributed by atoms with Crippen molar-refractivity contribution >= 4 is 16.9 Å². The average molecular weight is 386 g/mol. The molecular formula is C21H20F2N2O3. The van der Waals surface area contributed by atoms with Crippen LogP contribution in [0.4, 0.5) is 8.78 Å². The molecule has 1 fully saturated rings. The van der Waals surface area contributed by atoms with Gasteiger partial charge in [0.2, 0.25) is 0 Å². The van der Waals surface area contributed by atoms with E-state index < -0.39 is 6.43 Å². The number of nitrogens with two attached hydrogens (primary N) is 1. The van der Waals surface area contributed by atoms with Gasteiger partial charge in [-0.1, -0.05) is 12.1 Å². The molecule has 1 aromatic heterocycles. The smallest absolute Gasteiger partial charge is 0.267 e. The van der Waals surface area contributed by atoms with Crippen molar-refractivity contribution < 1.29 is 22.7 Å². The summed E-state index contributed by atoms with van der Waals surface area (Å²) in [5.41, 5.74) is 7.52. The summed E-state index contributed by atoms with van der Waals surface area (Å²) >= 11 is 0. The largest absolute Gasteiger partial charge is 0.459 e. The Balaban J connectivity index is 1.66. The van der Waals surface area contributed by atoms with Crippen molar-refractivity contribution in [1.29, 1.82) is 0 Å². The highest BCUT2D eigenvalue weighted by Crippen LogP contribution is 2.35. The lowest BCUT2D eigenvalue weighted by Crippen LogP contribution is -2.40. The number of benzene rings is 2. The fourth-order valence-corrected chi connectivity index (χ4v) is 3.42. The Labute approximate surface area is 160 Å². The molecule has 1 amide bonds. The number of amides is 1. The maximum absolute atomic E-state index is 13.5. The van der Waals surface area contributed by atoms with Crippen LogP contribution in [0.3, 0.4) is 0 Å². The molecule has 2 heterocycles. The summed E-state index contributed by atoms with van der Waals surface area (Å²) in [6.07, 6.45) is -2.67. The second-order valence-corrected chi connectivity index (χ2v) is 6.68. The molecule has 0 spiro atoms. The normalized spacial score (nSPS) is 14.8. The van der Waals surface area contributed by atoms with Gasteiger partial charge in [0.05, 0.1) is 25.3 Å². The number of hydrogen-bond donors (Lipinski definition) is 1. The summed E-state index contributed by atoms with van der Waals surface area (Å²) < 4.78 is 37.8. The van der Waals surface area contributed by atoms with Crippen LogP contribution in [-0.2, 0) is 11.3 Å². The first-order valence-corrected chi connectivity index (χ1v) is 9.09. The monoisotopic (exact) mass is 386 g/mol. The Morgan fingerprint density at radius 1 is 1.07 bits per heavy atom. The minimum Gasteiger partial charge on any atom is -0.459 e. The molecule has 4 rings (SSSR count). The third kappa shape index (κ3) is 3.50. The third-order valence-corrected chi connectivity index (χ3v) is 4.90. The average Bonchev–Trinajstić information content (AvgIpc) is 3.16. The first-order valence-electron chi connectivity index (χ1n) is 9.09. The van der Waals surface area contributed by atoms with Gasteiger partial charge in [-0.25, -0.2) is 8.78 Å². The highest BCUT2D eigenvalue weighted by atomic mass is 19.3. The van der Waals surface area contributed by atoms with Crippen LogP contribution in [-0.4, -0.2) is 37.1 Å². The maximum atomic E-state index is 13.5. The number of halogens is 2. The number of nitrogens with zero attached hydrogens (tertiary/aromatic N) is 1. The van der Waals surface area contributed by atoms with E-state index >= 15 is 0 Å². The molecule has 1 aliphatic rings. The van der Waals surface area contributed by atoms with Crippen LogP contribution in [0.5, 0.6) is 0 Å². The zero-order valence-corrected chi connectivity index (χ0v) is 15.2. The van der Waals surface area contributed by atoms with E-state index in [0.717, 1.165) is 5.56 Å². The zero-order valence-electron chi connectivity index (χ0n) is 15.2.